The number of rotatable bonds is 8. The zero-order chi connectivity index (χ0) is 19.4. The Balaban J connectivity index is 2.02. The van der Waals surface area contributed by atoms with E-state index in [1.165, 1.54) is 5.56 Å². The molecule has 0 aliphatic carbocycles. The molecule has 1 aliphatic rings. The van der Waals surface area contributed by atoms with E-state index in [-0.39, 0.29) is 24.3 Å². The third kappa shape index (κ3) is 4.05. The molecule has 3 N–H and O–H groups in total. The Hall–Kier alpha value is -3.02. The Labute approximate surface area is 158 Å². The van der Waals surface area contributed by atoms with Gasteiger partial charge in [0.25, 0.3) is 0 Å². The summed E-state index contributed by atoms with van der Waals surface area (Å²) in [6.45, 7) is 2.36. The number of nitrogens with zero attached hydrogens (tertiary/aromatic N) is 1. The first-order valence-corrected chi connectivity index (χ1v) is 9.07. The van der Waals surface area contributed by atoms with Crippen molar-refractivity contribution in [1.29, 1.82) is 0 Å². The van der Waals surface area contributed by atoms with E-state index in [1.807, 2.05) is 30.3 Å². The molecule has 1 aliphatic heterocycles. The van der Waals surface area contributed by atoms with Gasteiger partial charge in [0.15, 0.2) is 6.61 Å². The van der Waals surface area contributed by atoms with Crippen LogP contribution in [-0.4, -0.2) is 29.6 Å². The lowest BCUT2D eigenvalue weighted by Crippen LogP contribution is -2.34. The van der Waals surface area contributed by atoms with Crippen LogP contribution in [0, 0.1) is 0 Å². The third-order valence-corrected chi connectivity index (χ3v) is 4.97. The van der Waals surface area contributed by atoms with Gasteiger partial charge in [0, 0.05) is 36.2 Å². The molecule has 142 valence electrons. The van der Waals surface area contributed by atoms with Crippen molar-refractivity contribution >= 4 is 17.6 Å². The molecule has 1 heterocycles. The zero-order valence-electron chi connectivity index (χ0n) is 15.3. The lowest BCUT2D eigenvalue weighted by atomic mass is 9.89. The summed E-state index contributed by atoms with van der Waals surface area (Å²) in [4.78, 5) is 25.0. The predicted octanol–water partition coefficient (Wildman–Crippen LogP) is 2.91. The highest BCUT2D eigenvalue weighted by atomic mass is 16.5. The second-order valence-electron chi connectivity index (χ2n) is 6.74. The van der Waals surface area contributed by atoms with Crippen molar-refractivity contribution in [3.05, 3.63) is 59.7 Å². The smallest absolute Gasteiger partial charge is 0.341 e. The molecule has 0 spiro atoms. The maximum absolute atomic E-state index is 11.7. The molecule has 0 fully saturated rings. The normalized spacial score (nSPS) is 18.2. The highest BCUT2D eigenvalue weighted by Gasteiger charge is 2.40. The summed E-state index contributed by atoms with van der Waals surface area (Å²) in [5.74, 6) is -1.03. The Morgan fingerprint density at radius 1 is 1.15 bits per heavy atom. The molecule has 6 nitrogen and oxygen atoms in total. The highest BCUT2D eigenvalue weighted by molar-refractivity contribution is 5.78. The molecule has 2 unspecified atom stereocenters. The molecule has 2 aromatic rings. The van der Waals surface area contributed by atoms with Gasteiger partial charge in [-0.2, -0.15) is 0 Å². The molecule has 27 heavy (non-hydrogen) atoms. The number of benzene rings is 2. The van der Waals surface area contributed by atoms with Crippen LogP contribution in [-0.2, 0) is 16.1 Å². The number of amides is 1. The number of carbonyl (C=O) groups excluding carboxylic acids is 1. The summed E-state index contributed by atoms with van der Waals surface area (Å²) in [6, 6.07) is 15.8. The number of carboxylic acids is 1. The van der Waals surface area contributed by atoms with Crippen molar-refractivity contribution in [3.8, 4) is 5.75 Å². The van der Waals surface area contributed by atoms with Crippen molar-refractivity contribution in [1.82, 2.24) is 0 Å². The van der Waals surface area contributed by atoms with Crippen LogP contribution in [0.25, 0.3) is 0 Å². The van der Waals surface area contributed by atoms with Gasteiger partial charge in [0.2, 0.25) is 5.91 Å². The number of nitrogens with two attached hydrogens (primary N) is 1. The SMILES string of the molecule is CCC1C(CC(N)=O)c2c(OCC(=O)O)cccc2N1Cc1ccccc1. The average molecular weight is 368 g/mol. The minimum Gasteiger partial charge on any atom is -0.482 e. The van der Waals surface area contributed by atoms with Crippen LogP contribution in [0.4, 0.5) is 5.69 Å². The van der Waals surface area contributed by atoms with Gasteiger partial charge in [-0.15, -0.1) is 0 Å². The maximum Gasteiger partial charge on any atom is 0.341 e. The summed E-state index contributed by atoms with van der Waals surface area (Å²) in [6.07, 6.45) is 1.03. The quantitative estimate of drug-likeness (QED) is 0.747. The Kier molecular flexibility index (Phi) is 5.64. The number of ether oxygens (including phenoxy) is 1. The van der Waals surface area contributed by atoms with E-state index in [9.17, 15) is 9.59 Å². The molecule has 3 rings (SSSR count). The van der Waals surface area contributed by atoms with E-state index >= 15 is 0 Å². The number of aliphatic carboxylic acids is 1. The van der Waals surface area contributed by atoms with E-state index in [0.717, 1.165) is 17.7 Å². The molecule has 2 aromatic carbocycles. The van der Waals surface area contributed by atoms with Crippen LogP contribution in [0.1, 0.15) is 36.8 Å². The van der Waals surface area contributed by atoms with Crippen molar-refractivity contribution in [3.63, 3.8) is 0 Å². The van der Waals surface area contributed by atoms with Gasteiger partial charge >= 0.3 is 5.97 Å². The Morgan fingerprint density at radius 3 is 2.52 bits per heavy atom. The van der Waals surface area contributed by atoms with Gasteiger partial charge in [-0.05, 0) is 24.1 Å². The molecule has 0 radical (unpaired) electrons. The third-order valence-electron chi connectivity index (χ3n) is 4.97. The standard InChI is InChI=1S/C21H24N2O4/c1-2-16-15(11-19(22)24)21-17(9-6-10-18(21)27-13-20(25)26)23(16)12-14-7-4-3-5-8-14/h3-10,15-16H,2,11-13H2,1H3,(H2,22,24)(H,25,26). The minimum absolute atomic E-state index is 0.0854. The van der Waals surface area contributed by atoms with Gasteiger partial charge in [0.05, 0.1) is 0 Å². The summed E-state index contributed by atoms with van der Waals surface area (Å²) >= 11 is 0. The minimum atomic E-state index is -1.04. The van der Waals surface area contributed by atoms with E-state index in [1.54, 1.807) is 6.07 Å². The van der Waals surface area contributed by atoms with E-state index in [0.29, 0.717) is 12.3 Å². The van der Waals surface area contributed by atoms with Crippen LogP contribution in [0.5, 0.6) is 5.75 Å². The van der Waals surface area contributed by atoms with Crippen LogP contribution < -0.4 is 15.4 Å². The number of fused-ring (bicyclic) bond motifs is 1. The first-order valence-electron chi connectivity index (χ1n) is 9.07. The summed E-state index contributed by atoms with van der Waals surface area (Å²) in [7, 11) is 0. The maximum atomic E-state index is 11.7. The van der Waals surface area contributed by atoms with Gasteiger partial charge in [-0.3, -0.25) is 4.79 Å². The topological polar surface area (TPSA) is 92.9 Å². The van der Waals surface area contributed by atoms with Crippen LogP contribution in [0.2, 0.25) is 0 Å². The molecule has 0 saturated carbocycles. The van der Waals surface area contributed by atoms with Crippen LogP contribution >= 0.6 is 0 Å². The number of anilines is 1. The lowest BCUT2D eigenvalue weighted by Gasteiger charge is -2.29. The molecule has 1 amide bonds. The molecule has 6 heteroatoms. The van der Waals surface area contributed by atoms with E-state index in [2.05, 4.69) is 24.0 Å². The van der Waals surface area contributed by atoms with Crippen molar-refractivity contribution in [2.45, 2.75) is 38.3 Å². The van der Waals surface area contributed by atoms with E-state index in [4.69, 9.17) is 15.6 Å². The van der Waals surface area contributed by atoms with Crippen molar-refractivity contribution < 1.29 is 19.4 Å². The number of carboxylic acid groups (broad SMARTS) is 1. The largest absolute Gasteiger partial charge is 0.482 e. The molecule has 0 saturated heterocycles. The molecule has 2 atom stereocenters. The summed E-state index contributed by atoms with van der Waals surface area (Å²) < 4.78 is 5.54. The fourth-order valence-electron chi connectivity index (χ4n) is 3.95. The molecular formula is C21H24N2O4. The van der Waals surface area contributed by atoms with Gasteiger partial charge < -0.3 is 20.5 Å². The fourth-order valence-corrected chi connectivity index (χ4v) is 3.95. The average Bonchev–Trinajstić information content (AvgIpc) is 2.93. The first-order chi connectivity index (χ1) is 13.0. The van der Waals surface area contributed by atoms with Crippen molar-refractivity contribution in [2.24, 2.45) is 5.73 Å². The summed E-state index contributed by atoms with van der Waals surface area (Å²) in [5, 5.41) is 8.97. The molecule has 0 bridgehead atoms. The second kappa shape index (κ2) is 8.12. The molecule has 0 aromatic heterocycles. The number of carbonyl (C=O) groups is 2. The predicted molar refractivity (Wildman–Crippen MR) is 103 cm³/mol. The van der Waals surface area contributed by atoms with Gasteiger partial charge in [0.1, 0.15) is 5.75 Å². The monoisotopic (exact) mass is 368 g/mol. The number of hydrogen-bond acceptors (Lipinski definition) is 4. The highest BCUT2D eigenvalue weighted by Crippen LogP contribution is 2.49. The number of hydrogen-bond donors (Lipinski definition) is 2. The number of primary amides is 1. The fraction of sp³-hybridized carbons (Fsp3) is 0.333. The van der Waals surface area contributed by atoms with E-state index < -0.39 is 12.6 Å². The van der Waals surface area contributed by atoms with Gasteiger partial charge in [-0.1, -0.05) is 43.3 Å². The molecular weight excluding hydrogens is 344 g/mol. The first kappa shape index (κ1) is 18.8. The van der Waals surface area contributed by atoms with Gasteiger partial charge in [-0.25, -0.2) is 4.79 Å². The lowest BCUT2D eigenvalue weighted by molar-refractivity contribution is -0.139. The van der Waals surface area contributed by atoms with Crippen molar-refractivity contribution in [2.75, 3.05) is 11.5 Å². The Morgan fingerprint density at radius 2 is 1.89 bits per heavy atom. The second-order valence-corrected chi connectivity index (χ2v) is 6.74. The Bertz CT molecular complexity index is 822. The summed E-state index contributed by atoms with van der Waals surface area (Å²) in [5.41, 5.74) is 8.54. The van der Waals surface area contributed by atoms with Crippen LogP contribution in [0.3, 0.4) is 0 Å². The zero-order valence-corrected chi connectivity index (χ0v) is 15.3. The van der Waals surface area contributed by atoms with Crippen LogP contribution in [0.15, 0.2) is 48.5 Å².